The number of carbonyl (C=O) groups is 2. The van der Waals surface area contributed by atoms with E-state index in [9.17, 15) is 24.3 Å². The van der Waals surface area contributed by atoms with E-state index in [0.29, 0.717) is 17.9 Å². The van der Waals surface area contributed by atoms with E-state index in [1.165, 1.54) is 11.4 Å². The van der Waals surface area contributed by atoms with Crippen molar-refractivity contribution in [1.82, 2.24) is 25.3 Å². The molecule has 7 rings (SSSR count). The molecule has 2 aliphatic heterocycles. The quantitative estimate of drug-likeness (QED) is 0.0482. The number of benzene rings is 4. The van der Waals surface area contributed by atoms with Gasteiger partial charge in [-0.15, -0.1) is 10.7 Å². The monoisotopic (exact) mass is 805 g/mol. The summed E-state index contributed by atoms with van der Waals surface area (Å²) in [7, 11) is 3.17. The van der Waals surface area contributed by atoms with Crippen LogP contribution in [0, 0.1) is 0 Å². The van der Waals surface area contributed by atoms with E-state index < -0.39 is 53.2 Å². The van der Waals surface area contributed by atoms with E-state index in [0.717, 1.165) is 51.6 Å². The molecule has 2 amide bonds. The number of aliphatic hydroxyl groups is 1. The number of nitrogens with zero attached hydrogens (tertiary/aromatic N) is 3. The maximum Gasteiger partial charge on any atom is 0.330 e. The third-order valence-electron chi connectivity index (χ3n) is 10.5. The number of rotatable bonds is 18. The Balaban J connectivity index is 1.25. The molecule has 3 heterocycles. The molecule has 0 spiro atoms. The molecule has 308 valence electrons. The summed E-state index contributed by atoms with van der Waals surface area (Å²) in [5, 5.41) is 14.3. The van der Waals surface area contributed by atoms with Crippen LogP contribution in [0.2, 0.25) is 0 Å². The molecular formula is C44H47N5O10. The van der Waals surface area contributed by atoms with E-state index in [-0.39, 0.29) is 24.3 Å². The van der Waals surface area contributed by atoms with Crippen molar-refractivity contribution in [2.75, 3.05) is 27.4 Å². The van der Waals surface area contributed by atoms with Gasteiger partial charge in [-0.3, -0.25) is 28.8 Å². The molecule has 15 heteroatoms. The number of methoxy groups -OCH3 is 2. The standard InChI is InChI=1S/C44H47N5O10/c1-4-5-6-12-26-48(46-49-40(52)34-15-10-11-16-35(34)41(49)53)59-39-38(51)36(58-42(39)47-27-25-37(50)45-43(47)54)28-57-44(29-13-8-7-9-14-29,30-17-21-32(55-2)22-18-30)31-19-23-33(56-3)24-20-31/h7-11,13-25,27,36,38-39,42,46,51H,4-6,12,26,28H2,1-3H3,(H,45,50,54)/t36-,38-,39-,42-/m1/s1. The lowest BCUT2D eigenvalue weighted by Crippen LogP contribution is -2.55. The van der Waals surface area contributed by atoms with E-state index in [2.05, 4.69) is 17.4 Å². The van der Waals surface area contributed by atoms with Crippen LogP contribution in [-0.4, -0.2) is 82.3 Å². The summed E-state index contributed by atoms with van der Waals surface area (Å²) in [5.41, 5.74) is 2.83. The van der Waals surface area contributed by atoms with Gasteiger partial charge in [-0.1, -0.05) is 92.9 Å². The Labute approximate surface area is 340 Å². The van der Waals surface area contributed by atoms with Gasteiger partial charge < -0.3 is 24.1 Å². The number of aliphatic hydroxyl groups excluding tert-OH is 1. The second-order valence-electron chi connectivity index (χ2n) is 14.2. The molecule has 0 radical (unpaired) electrons. The predicted octanol–water partition coefficient (Wildman–Crippen LogP) is 4.72. The number of unbranched alkanes of at least 4 members (excludes halogenated alkanes) is 3. The smallest absolute Gasteiger partial charge is 0.330 e. The van der Waals surface area contributed by atoms with Gasteiger partial charge >= 0.3 is 5.69 Å². The summed E-state index contributed by atoms with van der Waals surface area (Å²) in [4.78, 5) is 61.0. The second kappa shape index (κ2) is 18.3. The molecule has 5 aromatic rings. The largest absolute Gasteiger partial charge is 0.497 e. The van der Waals surface area contributed by atoms with E-state index >= 15 is 0 Å². The highest BCUT2D eigenvalue weighted by atomic mass is 16.7. The molecule has 4 atom stereocenters. The molecule has 0 aliphatic carbocycles. The van der Waals surface area contributed by atoms with Gasteiger partial charge in [-0.2, -0.15) is 5.01 Å². The second-order valence-corrected chi connectivity index (χ2v) is 14.2. The maximum absolute atomic E-state index is 13.4. The molecule has 1 saturated heterocycles. The normalized spacial score (nSPS) is 19.0. The van der Waals surface area contributed by atoms with Crippen LogP contribution in [0.25, 0.3) is 0 Å². The molecule has 0 saturated carbocycles. The van der Waals surface area contributed by atoms with Gasteiger partial charge in [-0.05, 0) is 59.5 Å². The summed E-state index contributed by atoms with van der Waals surface area (Å²) in [6.07, 6.45) is -0.675. The van der Waals surface area contributed by atoms with Crippen LogP contribution in [-0.2, 0) is 19.9 Å². The van der Waals surface area contributed by atoms with Crippen molar-refractivity contribution in [2.24, 2.45) is 0 Å². The van der Waals surface area contributed by atoms with E-state index in [1.54, 1.807) is 38.5 Å². The number of aromatic nitrogens is 2. The van der Waals surface area contributed by atoms with Crippen LogP contribution in [0.15, 0.2) is 125 Å². The number of amides is 2. The highest BCUT2D eigenvalue weighted by Crippen LogP contribution is 2.43. The van der Waals surface area contributed by atoms with E-state index in [4.69, 9.17) is 23.8 Å². The topological polar surface area (TPSA) is 174 Å². The summed E-state index contributed by atoms with van der Waals surface area (Å²) in [6, 6.07) is 32.2. The molecule has 15 nitrogen and oxygen atoms in total. The molecule has 1 aromatic heterocycles. The van der Waals surface area contributed by atoms with Crippen LogP contribution < -0.4 is 26.3 Å². The first-order valence-corrected chi connectivity index (χ1v) is 19.5. The minimum Gasteiger partial charge on any atom is -0.497 e. The van der Waals surface area contributed by atoms with Gasteiger partial charge in [0.1, 0.15) is 29.3 Å². The highest BCUT2D eigenvalue weighted by Gasteiger charge is 2.50. The third-order valence-corrected chi connectivity index (χ3v) is 10.5. The molecule has 2 aliphatic rings. The number of H-pyrrole nitrogens is 1. The molecule has 0 unspecified atom stereocenters. The Bertz CT molecular complexity index is 2250. The zero-order valence-corrected chi connectivity index (χ0v) is 33.0. The fourth-order valence-corrected chi connectivity index (χ4v) is 7.45. The Morgan fingerprint density at radius 1 is 0.763 bits per heavy atom. The molecule has 3 N–H and O–H groups in total. The summed E-state index contributed by atoms with van der Waals surface area (Å²) < 4.78 is 25.6. The Morgan fingerprint density at radius 2 is 1.34 bits per heavy atom. The number of ether oxygens (including phenoxy) is 4. The number of hydroxylamine groups is 1. The minimum atomic E-state index is -1.46. The fourth-order valence-electron chi connectivity index (χ4n) is 7.45. The first-order valence-electron chi connectivity index (χ1n) is 19.5. The molecule has 59 heavy (non-hydrogen) atoms. The maximum atomic E-state index is 13.4. The molecule has 1 fully saturated rings. The lowest BCUT2D eigenvalue weighted by Gasteiger charge is -2.37. The van der Waals surface area contributed by atoms with Crippen LogP contribution >= 0.6 is 0 Å². The Morgan fingerprint density at radius 3 is 1.90 bits per heavy atom. The number of fused-ring (bicyclic) bond motifs is 1. The number of hydrogen-bond acceptors (Lipinski definition) is 12. The van der Waals surface area contributed by atoms with Crippen LogP contribution in [0.4, 0.5) is 0 Å². The van der Waals surface area contributed by atoms with Crippen LogP contribution in [0.5, 0.6) is 11.5 Å². The summed E-state index contributed by atoms with van der Waals surface area (Å²) in [6.45, 7) is 2.02. The predicted molar refractivity (Wildman–Crippen MR) is 215 cm³/mol. The van der Waals surface area contributed by atoms with Gasteiger partial charge in [-0.25, -0.2) is 4.79 Å². The number of hydrogen-bond donors (Lipinski definition) is 3. The van der Waals surface area contributed by atoms with Crippen molar-refractivity contribution in [2.45, 2.75) is 62.7 Å². The number of imide groups is 1. The number of aromatic amines is 1. The SMILES string of the molecule is CCCCCCN(NN1C(=O)c2ccccc2C1=O)O[C@@H]1[C@H](O)[C@@H](COC(c2ccccc2)(c2ccc(OC)cc2)c2ccc(OC)cc2)O[C@H]1n1ccc(=O)[nH]c1=O. The molecule has 0 bridgehead atoms. The van der Waals surface area contributed by atoms with E-state index in [1.807, 2.05) is 78.9 Å². The van der Waals surface area contributed by atoms with Crippen molar-refractivity contribution in [3.05, 3.63) is 164 Å². The van der Waals surface area contributed by atoms with Crippen molar-refractivity contribution < 1.29 is 38.5 Å². The van der Waals surface area contributed by atoms with Crippen molar-refractivity contribution >= 4 is 11.8 Å². The van der Waals surface area contributed by atoms with Gasteiger partial charge in [0, 0.05) is 18.8 Å². The molecular weight excluding hydrogens is 759 g/mol. The minimum absolute atomic E-state index is 0.178. The Kier molecular flexibility index (Phi) is 12.8. The van der Waals surface area contributed by atoms with Gasteiger partial charge in [0.15, 0.2) is 12.3 Å². The first-order chi connectivity index (χ1) is 28.7. The van der Waals surface area contributed by atoms with Gasteiger partial charge in [0.05, 0.1) is 32.0 Å². The van der Waals surface area contributed by atoms with Crippen LogP contribution in [0.1, 0.15) is 76.2 Å². The molecule has 4 aromatic carbocycles. The van der Waals surface area contributed by atoms with Crippen LogP contribution in [0.3, 0.4) is 0 Å². The Hall–Kier alpha value is -5.94. The number of nitrogens with one attached hydrogen (secondary N) is 2. The zero-order chi connectivity index (χ0) is 41.5. The first kappa shape index (κ1) is 41.2. The van der Waals surface area contributed by atoms with Crippen molar-refractivity contribution in [1.29, 1.82) is 0 Å². The van der Waals surface area contributed by atoms with Gasteiger partial charge in [0.25, 0.3) is 17.4 Å². The number of hydrazine groups is 2. The summed E-state index contributed by atoms with van der Waals surface area (Å²) >= 11 is 0. The lowest BCUT2D eigenvalue weighted by molar-refractivity contribution is -0.276. The average Bonchev–Trinajstić information content (AvgIpc) is 3.70. The average molecular weight is 806 g/mol. The highest BCUT2D eigenvalue weighted by molar-refractivity contribution is 6.20. The van der Waals surface area contributed by atoms with Crippen molar-refractivity contribution in [3.63, 3.8) is 0 Å². The van der Waals surface area contributed by atoms with Crippen molar-refractivity contribution in [3.8, 4) is 11.5 Å². The summed E-state index contributed by atoms with van der Waals surface area (Å²) in [5.74, 6) is 0.126. The van der Waals surface area contributed by atoms with Gasteiger partial charge in [0.2, 0.25) is 0 Å². The third kappa shape index (κ3) is 8.48. The lowest BCUT2D eigenvalue weighted by atomic mass is 9.80. The zero-order valence-electron chi connectivity index (χ0n) is 33.0. The number of carbonyl (C=O) groups excluding carboxylic acids is 2. The fraction of sp³-hybridized carbons (Fsp3) is 0.318.